The summed E-state index contributed by atoms with van der Waals surface area (Å²) in [5, 5.41) is 2.80. The lowest BCUT2D eigenvalue weighted by molar-refractivity contribution is -0.114. The summed E-state index contributed by atoms with van der Waals surface area (Å²) in [4.78, 5) is 17.2. The molecule has 2 aromatic carbocycles. The number of aryl methyl sites for hydroxylation is 1. The Kier molecular flexibility index (Phi) is 7.05. The van der Waals surface area contributed by atoms with Crippen molar-refractivity contribution >= 4 is 48.9 Å². The molecule has 1 aliphatic rings. The lowest BCUT2D eigenvalue weighted by atomic mass is 10.2. The largest absolute Gasteiger partial charge is 0.369 e. The van der Waals surface area contributed by atoms with Crippen molar-refractivity contribution < 1.29 is 13.2 Å². The van der Waals surface area contributed by atoms with Gasteiger partial charge in [0, 0.05) is 42.0 Å². The summed E-state index contributed by atoms with van der Waals surface area (Å²) in [7, 11) is -1.50. The van der Waals surface area contributed by atoms with Crippen LogP contribution in [0.5, 0.6) is 0 Å². The smallest absolute Gasteiger partial charge is 0.245 e. The number of benzene rings is 2. The second-order valence-corrected chi connectivity index (χ2v) is 10.3. The third-order valence-electron chi connectivity index (χ3n) is 5.14. The number of nitrogens with one attached hydrogen (secondary N) is 1. The molecule has 1 heterocycles. The molecule has 0 spiro atoms. The van der Waals surface area contributed by atoms with Gasteiger partial charge in [0.1, 0.15) is 6.54 Å². The molecule has 7 nitrogen and oxygen atoms in total. The molecule has 0 atom stereocenters. The summed E-state index contributed by atoms with van der Waals surface area (Å²) in [6.45, 7) is 5.57. The third kappa shape index (κ3) is 5.74. The Morgan fingerprint density at radius 2 is 1.73 bits per heavy atom. The molecular weight excluding hydrogens is 468 g/mol. The average molecular weight is 495 g/mol. The zero-order chi connectivity index (χ0) is 21.9. The minimum atomic E-state index is -3.61. The molecule has 0 radical (unpaired) electrons. The van der Waals surface area contributed by atoms with E-state index in [1.54, 1.807) is 18.2 Å². The third-order valence-corrected chi connectivity index (χ3v) is 7.17. The van der Waals surface area contributed by atoms with Crippen LogP contribution in [0.4, 0.5) is 17.1 Å². The molecule has 9 heteroatoms. The van der Waals surface area contributed by atoms with E-state index in [1.807, 2.05) is 31.2 Å². The van der Waals surface area contributed by atoms with Gasteiger partial charge >= 0.3 is 0 Å². The Hall–Kier alpha value is -2.10. The molecular formula is C21H27BrN4O3S. The Balaban J connectivity index is 1.67. The lowest BCUT2D eigenvalue weighted by Gasteiger charge is -2.34. The number of piperazine rings is 1. The minimum Gasteiger partial charge on any atom is -0.369 e. The van der Waals surface area contributed by atoms with Crippen molar-refractivity contribution in [2.24, 2.45) is 0 Å². The first-order valence-electron chi connectivity index (χ1n) is 9.71. The number of carbonyl (C=O) groups excluding carboxylic acids is 1. The van der Waals surface area contributed by atoms with E-state index in [4.69, 9.17) is 0 Å². The van der Waals surface area contributed by atoms with Crippen molar-refractivity contribution in [3.05, 3.63) is 52.5 Å². The van der Waals surface area contributed by atoms with Crippen molar-refractivity contribution in [2.45, 2.75) is 6.92 Å². The number of hydrogen-bond acceptors (Lipinski definition) is 5. The topological polar surface area (TPSA) is 73.0 Å². The number of nitrogens with zero attached hydrogens (tertiary/aromatic N) is 3. The van der Waals surface area contributed by atoms with Crippen LogP contribution in [0.2, 0.25) is 0 Å². The van der Waals surface area contributed by atoms with Crippen LogP contribution < -0.4 is 14.5 Å². The number of likely N-dealkylation sites (N-methyl/N-ethyl adjacent to an activating group) is 1. The number of halogens is 1. The highest BCUT2D eigenvalue weighted by molar-refractivity contribution is 9.10. The van der Waals surface area contributed by atoms with E-state index in [1.165, 1.54) is 0 Å². The monoisotopic (exact) mass is 494 g/mol. The van der Waals surface area contributed by atoms with Crippen LogP contribution in [0.15, 0.2) is 46.9 Å². The van der Waals surface area contributed by atoms with Gasteiger partial charge in [0.15, 0.2) is 0 Å². The molecule has 1 amide bonds. The van der Waals surface area contributed by atoms with E-state index in [0.29, 0.717) is 11.4 Å². The van der Waals surface area contributed by atoms with E-state index < -0.39 is 15.9 Å². The summed E-state index contributed by atoms with van der Waals surface area (Å²) in [5.41, 5.74) is 3.10. The van der Waals surface area contributed by atoms with Gasteiger partial charge in [-0.3, -0.25) is 9.10 Å². The zero-order valence-electron chi connectivity index (χ0n) is 17.4. The molecule has 1 N–H and O–H groups in total. The number of anilines is 3. The second-order valence-electron chi connectivity index (χ2n) is 7.59. The Morgan fingerprint density at radius 3 is 2.30 bits per heavy atom. The van der Waals surface area contributed by atoms with Crippen molar-refractivity contribution in [1.82, 2.24) is 4.90 Å². The van der Waals surface area contributed by atoms with E-state index in [-0.39, 0.29) is 6.54 Å². The van der Waals surface area contributed by atoms with Gasteiger partial charge in [0.25, 0.3) is 0 Å². The average Bonchev–Trinajstić information content (AvgIpc) is 2.69. The maximum Gasteiger partial charge on any atom is 0.245 e. The van der Waals surface area contributed by atoms with Gasteiger partial charge in [-0.25, -0.2) is 8.42 Å². The Labute approximate surface area is 186 Å². The molecule has 0 aliphatic carbocycles. The first kappa shape index (κ1) is 22.6. The van der Waals surface area contributed by atoms with Crippen LogP contribution in [0.25, 0.3) is 0 Å². The molecule has 30 heavy (non-hydrogen) atoms. The van der Waals surface area contributed by atoms with E-state index in [2.05, 4.69) is 38.1 Å². The summed E-state index contributed by atoms with van der Waals surface area (Å²) < 4.78 is 26.6. The van der Waals surface area contributed by atoms with Crippen molar-refractivity contribution in [3.63, 3.8) is 0 Å². The molecule has 0 bridgehead atoms. The maximum absolute atomic E-state index is 12.6. The zero-order valence-corrected chi connectivity index (χ0v) is 19.8. The fourth-order valence-corrected chi connectivity index (χ4v) is 4.43. The van der Waals surface area contributed by atoms with Crippen LogP contribution in [-0.2, 0) is 14.8 Å². The van der Waals surface area contributed by atoms with E-state index >= 15 is 0 Å². The van der Waals surface area contributed by atoms with Gasteiger partial charge in [-0.1, -0.05) is 15.9 Å². The van der Waals surface area contributed by atoms with E-state index in [9.17, 15) is 13.2 Å². The number of carbonyl (C=O) groups is 1. The van der Waals surface area contributed by atoms with Gasteiger partial charge in [0.05, 0.1) is 11.9 Å². The fourth-order valence-electron chi connectivity index (χ4n) is 3.34. The highest BCUT2D eigenvalue weighted by atomic mass is 79.9. The van der Waals surface area contributed by atoms with Gasteiger partial charge in [-0.2, -0.15) is 0 Å². The molecule has 0 saturated carbocycles. The predicted octanol–water partition coefficient (Wildman–Crippen LogP) is 2.91. The van der Waals surface area contributed by atoms with Crippen molar-refractivity contribution in [3.8, 4) is 0 Å². The first-order chi connectivity index (χ1) is 14.1. The standard InChI is InChI=1S/C21H27BrN4O3S/c1-16-14-19(8-9-20(16)22)26(30(3,28)29)15-21(27)23-17-4-6-18(7-5-17)25-12-10-24(2)11-13-25/h4-9,14H,10-13,15H2,1-3H3,(H,23,27). The summed E-state index contributed by atoms with van der Waals surface area (Å²) >= 11 is 3.41. The molecule has 1 fully saturated rings. The van der Waals surface area contributed by atoms with Crippen molar-refractivity contribution in [1.29, 1.82) is 0 Å². The molecule has 0 unspecified atom stereocenters. The Bertz CT molecular complexity index is 1000. The van der Waals surface area contributed by atoms with Gasteiger partial charge in [-0.05, 0) is 62.0 Å². The number of rotatable bonds is 6. The molecule has 1 aliphatic heterocycles. The highest BCUT2D eigenvalue weighted by Gasteiger charge is 2.21. The highest BCUT2D eigenvalue weighted by Crippen LogP contribution is 2.25. The van der Waals surface area contributed by atoms with Crippen LogP contribution in [0, 0.1) is 6.92 Å². The minimum absolute atomic E-state index is 0.292. The number of sulfonamides is 1. The summed E-state index contributed by atoms with van der Waals surface area (Å²) in [6, 6.07) is 12.8. The molecule has 2 aromatic rings. The predicted molar refractivity (Wildman–Crippen MR) is 126 cm³/mol. The normalized spacial score (nSPS) is 15.1. The SMILES string of the molecule is Cc1cc(N(CC(=O)Nc2ccc(N3CCN(C)CC3)cc2)S(C)(=O)=O)ccc1Br. The van der Waals surface area contributed by atoms with Crippen LogP contribution in [-0.4, -0.2) is 65.3 Å². The quantitative estimate of drug-likeness (QED) is 0.668. The molecule has 3 rings (SSSR count). The first-order valence-corrected chi connectivity index (χ1v) is 12.3. The summed E-state index contributed by atoms with van der Waals surface area (Å²) in [5.74, 6) is -0.395. The summed E-state index contributed by atoms with van der Waals surface area (Å²) in [6.07, 6.45) is 1.10. The number of hydrogen-bond donors (Lipinski definition) is 1. The van der Waals surface area contributed by atoms with Crippen LogP contribution in [0.1, 0.15) is 5.56 Å². The Morgan fingerprint density at radius 1 is 1.10 bits per heavy atom. The van der Waals surface area contributed by atoms with Gasteiger partial charge < -0.3 is 15.1 Å². The van der Waals surface area contributed by atoms with Gasteiger partial charge in [-0.15, -0.1) is 0 Å². The van der Waals surface area contributed by atoms with Gasteiger partial charge in [0.2, 0.25) is 15.9 Å². The van der Waals surface area contributed by atoms with Crippen molar-refractivity contribution in [2.75, 3.05) is 60.5 Å². The number of amides is 1. The van der Waals surface area contributed by atoms with E-state index in [0.717, 1.165) is 52.5 Å². The van der Waals surface area contributed by atoms with Crippen LogP contribution >= 0.6 is 15.9 Å². The molecule has 0 aromatic heterocycles. The fraction of sp³-hybridized carbons (Fsp3) is 0.381. The maximum atomic E-state index is 12.6. The molecule has 1 saturated heterocycles. The van der Waals surface area contributed by atoms with Crippen LogP contribution in [0.3, 0.4) is 0 Å². The second kappa shape index (κ2) is 9.36. The lowest BCUT2D eigenvalue weighted by Crippen LogP contribution is -2.44. The molecule has 162 valence electrons.